The first-order chi connectivity index (χ1) is 6.50. The van der Waals surface area contributed by atoms with E-state index in [9.17, 15) is 0 Å². The normalized spacial score (nSPS) is 20.0. The molecule has 0 unspecified atom stereocenters. The first-order valence-corrected chi connectivity index (χ1v) is 5.03. The van der Waals surface area contributed by atoms with Crippen LogP contribution in [0.4, 0.5) is 0 Å². The number of ether oxygens (including phenoxy) is 1. The van der Waals surface area contributed by atoms with Crippen molar-refractivity contribution in [3.05, 3.63) is 29.3 Å². The third kappa shape index (κ3) is 1.40. The number of nitrogens with two attached hydrogens (primary N) is 1. The van der Waals surface area contributed by atoms with Crippen molar-refractivity contribution < 1.29 is 4.74 Å². The predicted octanol–water partition coefficient (Wildman–Crippen LogP) is 2.38. The Morgan fingerprint density at radius 3 is 2.79 bits per heavy atom. The van der Waals surface area contributed by atoms with Crippen LogP contribution in [0.15, 0.2) is 18.2 Å². The molecule has 76 valence electrons. The molecule has 0 fully saturated rings. The van der Waals surface area contributed by atoms with Gasteiger partial charge in [-0.3, -0.25) is 0 Å². The number of benzene rings is 1. The molecule has 0 bridgehead atoms. The Kier molecular flexibility index (Phi) is 2.04. The molecule has 0 aromatic heterocycles. The van der Waals surface area contributed by atoms with Gasteiger partial charge in [-0.15, -0.1) is 0 Å². The van der Waals surface area contributed by atoms with Crippen LogP contribution >= 0.6 is 0 Å². The van der Waals surface area contributed by atoms with Crippen molar-refractivity contribution in [2.45, 2.75) is 32.2 Å². The van der Waals surface area contributed by atoms with Crippen LogP contribution in [0.3, 0.4) is 0 Å². The molecule has 2 nitrogen and oxygen atoms in total. The Bertz CT molecular complexity index is 355. The fourth-order valence-corrected chi connectivity index (χ4v) is 1.82. The minimum atomic E-state index is 0.0942. The Balaban J connectivity index is 2.48. The molecule has 1 aromatic rings. The predicted molar refractivity (Wildman–Crippen MR) is 57.6 cm³/mol. The maximum atomic E-state index is 5.86. The summed E-state index contributed by atoms with van der Waals surface area (Å²) in [7, 11) is 0. The van der Waals surface area contributed by atoms with E-state index in [4.69, 9.17) is 10.5 Å². The molecule has 0 saturated carbocycles. The van der Waals surface area contributed by atoms with Gasteiger partial charge in [0.25, 0.3) is 0 Å². The highest BCUT2D eigenvalue weighted by Crippen LogP contribution is 2.39. The Hall–Kier alpha value is -1.02. The first kappa shape index (κ1) is 9.53. The summed E-state index contributed by atoms with van der Waals surface area (Å²) in [6, 6.07) is 6.34. The van der Waals surface area contributed by atoms with Crippen molar-refractivity contribution in [3.8, 4) is 5.75 Å². The summed E-state index contributed by atoms with van der Waals surface area (Å²) in [5, 5.41) is 0. The van der Waals surface area contributed by atoms with Crippen molar-refractivity contribution in [1.82, 2.24) is 0 Å². The Labute approximate surface area is 85.1 Å². The lowest BCUT2D eigenvalue weighted by Crippen LogP contribution is -2.18. The monoisotopic (exact) mass is 191 g/mol. The zero-order chi connectivity index (χ0) is 10.3. The van der Waals surface area contributed by atoms with E-state index in [-0.39, 0.29) is 11.5 Å². The summed E-state index contributed by atoms with van der Waals surface area (Å²) < 4.78 is 5.61. The van der Waals surface area contributed by atoms with Crippen molar-refractivity contribution >= 4 is 0 Å². The maximum absolute atomic E-state index is 5.86. The zero-order valence-corrected chi connectivity index (χ0v) is 9.00. The van der Waals surface area contributed by atoms with E-state index < -0.39 is 0 Å². The van der Waals surface area contributed by atoms with E-state index in [1.807, 2.05) is 19.1 Å². The summed E-state index contributed by atoms with van der Waals surface area (Å²) in [5.74, 6) is 1.01. The third-order valence-electron chi connectivity index (χ3n) is 2.85. The maximum Gasteiger partial charge on any atom is 0.123 e. The third-order valence-corrected chi connectivity index (χ3v) is 2.85. The zero-order valence-electron chi connectivity index (χ0n) is 9.00. The highest BCUT2D eigenvalue weighted by Gasteiger charge is 2.31. The van der Waals surface area contributed by atoms with Gasteiger partial charge >= 0.3 is 0 Å². The number of hydrogen-bond donors (Lipinski definition) is 1. The molecule has 1 aromatic carbocycles. The second-order valence-electron chi connectivity index (χ2n) is 4.72. The number of rotatable bonds is 1. The van der Waals surface area contributed by atoms with E-state index >= 15 is 0 Å². The minimum Gasteiger partial charge on any atom is -0.492 e. The summed E-state index contributed by atoms with van der Waals surface area (Å²) in [5.41, 5.74) is 8.45. The first-order valence-electron chi connectivity index (χ1n) is 5.03. The van der Waals surface area contributed by atoms with Crippen LogP contribution in [0.2, 0.25) is 0 Å². The fourth-order valence-electron chi connectivity index (χ4n) is 1.82. The van der Waals surface area contributed by atoms with Gasteiger partial charge in [0.15, 0.2) is 0 Å². The average molecular weight is 191 g/mol. The van der Waals surface area contributed by atoms with Gasteiger partial charge < -0.3 is 10.5 Å². The van der Waals surface area contributed by atoms with Gasteiger partial charge in [0, 0.05) is 17.0 Å². The molecule has 2 N–H and O–H groups in total. The van der Waals surface area contributed by atoms with Gasteiger partial charge in [-0.25, -0.2) is 0 Å². The SMILES string of the molecule is C[C@H](N)c1ccc2c(c1)C(C)(C)CO2. The van der Waals surface area contributed by atoms with E-state index in [1.165, 1.54) is 11.1 Å². The van der Waals surface area contributed by atoms with Gasteiger partial charge in [0.05, 0.1) is 6.61 Å². The molecule has 0 spiro atoms. The topological polar surface area (TPSA) is 35.2 Å². The molecule has 14 heavy (non-hydrogen) atoms. The van der Waals surface area contributed by atoms with Crippen LogP contribution < -0.4 is 10.5 Å². The molecular formula is C12H17NO. The summed E-state index contributed by atoms with van der Waals surface area (Å²) in [6.07, 6.45) is 0. The summed E-state index contributed by atoms with van der Waals surface area (Å²) in [6.45, 7) is 7.17. The molecule has 0 amide bonds. The lowest BCUT2D eigenvalue weighted by molar-refractivity contribution is 0.291. The van der Waals surface area contributed by atoms with Crippen LogP contribution in [0.1, 0.15) is 37.9 Å². The van der Waals surface area contributed by atoms with Crippen LogP contribution in [-0.4, -0.2) is 6.61 Å². The lowest BCUT2D eigenvalue weighted by Gasteiger charge is -2.16. The lowest BCUT2D eigenvalue weighted by atomic mass is 9.85. The van der Waals surface area contributed by atoms with Crippen molar-refractivity contribution in [2.24, 2.45) is 5.73 Å². The van der Waals surface area contributed by atoms with E-state index in [0.29, 0.717) is 0 Å². The molecule has 0 radical (unpaired) electrons. The van der Waals surface area contributed by atoms with Crippen molar-refractivity contribution in [2.75, 3.05) is 6.61 Å². The highest BCUT2D eigenvalue weighted by molar-refractivity contribution is 5.45. The minimum absolute atomic E-state index is 0.0942. The van der Waals surface area contributed by atoms with Crippen LogP contribution in [0, 0.1) is 0 Å². The van der Waals surface area contributed by atoms with Crippen LogP contribution in [0.5, 0.6) is 5.75 Å². The van der Waals surface area contributed by atoms with Gasteiger partial charge in [0.2, 0.25) is 0 Å². The molecule has 0 saturated heterocycles. The van der Waals surface area contributed by atoms with E-state index in [0.717, 1.165) is 12.4 Å². The van der Waals surface area contributed by atoms with E-state index in [2.05, 4.69) is 19.9 Å². The van der Waals surface area contributed by atoms with Crippen molar-refractivity contribution in [3.63, 3.8) is 0 Å². The largest absolute Gasteiger partial charge is 0.492 e. The Morgan fingerprint density at radius 1 is 1.43 bits per heavy atom. The van der Waals surface area contributed by atoms with Crippen LogP contribution in [-0.2, 0) is 5.41 Å². The molecule has 2 heteroatoms. The summed E-state index contributed by atoms with van der Waals surface area (Å²) >= 11 is 0. The molecule has 1 heterocycles. The molecule has 1 aliphatic heterocycles. The number of fused-ring (bicyclic) bond motifs is 1. The van der Waals surface area contributed by atoms with Gasteiger partial charge in [-0.2, -0.15) is 0 Å². The molecular weight excluding hydrogens is 174 g/mol. The van der Waals surface area contributed by atoms with Gasteiger partial charge in [0.1, 0.15) is 5.75 Å². The van der Waals surface area contributed by atoms with Gasteiger partial charge in [-0.05, 0) is 24.6 Å². The molecule has 1 aliphatic rings. The van der Waals surface area contributed by atoms with E-state index in [1.54, 1.807) is 0 Å². The Morgan fingerprint density at radius 2 is 2.14 bits per heavy atom. The van der Waals surface area contributed by atoms with Gasteiger partial charge in [-0.1, -0.05) is 19.9 Å². The number of hydrogen-bond acceptors (Lipinski definition) is 2. The standard InChI is InChI=1S/C12H17NO/c1-8(13)9-4-5-11-10(6-9)12(2,3)7-14-11/h4-6,8H,7,13H2,1-3H3/t8-/m0/s1. The smallest absolute Gasteiger partial charge is 0.123 e. The molecule has 1 atom stereocenters. The molecule has 2 rings (SSSR count). The second kappa shape index (κ2) is 2.99. The fraction of sp³-hybridized carbons (Fsp3) is 0.500. The quantitative estimate of drug-likeness (QED) is 0.739. The van der Waals surface area contributed by atoms with Crippen molar-refractivity contribution in [1.29, 1.82) is 0 Å². The molecule has 0 aliphatic carbocycles. The summed E-state index contributed by atoms with van der Waals surface area (Å²) in [4.78, 5) is 0. The van der Waals surface area contributed by atoms with Crippen LogP contribution in [0.25, 0.3) is 0 Å². The average Bonchev–Trinajstić information content (AvgIpc) is 2.42. The second-order valence-corrected chi connectivity index (χ2v) is 4.72. The highest BCUT2D eigenvalue weighted by atomic mass is 16.5.